The van der Waals surface area contributed by atoms with E-state index in [1.54, 1.807) is 12.1 Å². The summed E-state index contributed by atoms with van der Waals surface area (Å²) in [5.41, 5.74) is 0.887. The third kappa shape index (κ3) is 2.23. The molecule has 0 spiro atoms. The van der Waals surface area contributed by atoms with Gasteiger partial charge in [0.15, 0.2) is 0 Å². The zero-order valence-corrected chi connectivity index (χ0v) is 11.9. The van der Waals surface area contributed by atoms with Gasteiger partial charge in [0.05, 0.1) is 7.11 Å². The second-order valence-corrected chi connectivity index (χ2v) is 7.24. The van der Waals surface area contributed by atoms with Gasteiger partial charge in [-0.25, -0.2) is 13.2 Å². The first-order chi connectivity index (χ1) is 8.34. The molecule has 96 valence electrons. The first-order valence-electron chi connectivity index (χ1n) is 4.90. The van der Waals surface area contributed by atoms with E-state index in [-0.39, 0.29) is 9.77 Å². The summed E-state index contributed by atoms with van der Waals surface area (Å²) in [5, 5.41) is 0.454. The molecule has 0 radical (unpaired) electrons. The number of carbonyl (C=O) groups excluding carboxylic acids is 1. The standard InChI is InChI=1S/C11H9ClO4S2/c1-6-3-4-8-7(5-6)10(18(12,14)15)9(17-8)11(13)16-2/h3-5H,1-2H3. The van der Waals surface area contributed by atoms with Crippen LogP contribution < -0.4 is 0 Å². The van der Waals surface area contributed by atoms with E-state index >= 15 is 0 Å². The number of fused-ring (bicyclic) bond motifs is 1. The summed E-state index contributed by atoms with van der Waals surface area (Å²) in [7, 11) is 2.60. The zero-order chi connectivity index (χ0) is 13.5. The normalized spacial score (nSPS) is 11.7. The van der Waals surface area contributed by atoms with Gasteiger partial charge in [-0.1, -0.05) is 11.6 Å². The number of thiophene rings is 1. The predicted octanol–water partition coefficient (Wildman–Crippen LogP) is 2.92. The highest BCUT2D eigenvalue weighted by atomic mass is 35.7. The summed E-state index contributed by atoms with van der Waals surface area (Å²) in [6.07, 6.45) is 0. The number of benzene rings is 1. The van der Waals surface area contributed by atoms with Crippen LogP contribution in [-0.2, 0) is 13.8 Å². The Balaban J connectivity index is 2.91. The first kappa shape index (κ1) is 13.3. The summed E-state index contributed by atoms with van der Waals surface area (Å²) in [6.45, 7) is 1.83. The van der Waals surface area contributed by atoms with Gasteiger partial charge in [-0.05, 0) is 19.1 Å². The second-order valence-electron chi connectivity index (χ2n) is 3.69. The molecule has 0 amide bonds. The summed E-state index contributed by atoms with van der Waals surface area (Å²) in [5.74, 6) is -0.701. The maximum absolute atomic E-state index is 11.6. The van der Waals surface area contributed by atoms with E-state index in [0.717, 1.165) is 16.9 Å². The molecule has 0 aliphatic heterocycles. The van der Waals surface area contributed by atoms with E-state index < -0.39 is 15.0 Å². The molecule has 0 N–H and O–H groups in total. The molecule has 0 saturated carbocycles. The minimum absolute atomic E-state index is 0.00750. The van der Waals surface area contributed by atoms with Crippen LogP contribution in [0.1, 0.15) is 15.2 Å². The number of halogens is 1. The fraction of sp³-hybridized carbons (Fsp3) is 0.182. The molecule has 0 atom stereocenters. The van der Waals surface area contributed by atoms with Gasteiger partial charge in [0.25, 0.3) is 9.05 Å². The SMILES string of the molecule is COC(=O)c1sc2ccc(C)cc2c1S(=O)(=O)Cl. The Bertz CT molecular complexity index is 731. The van der Waals surface area contributed by atoms with Gasteiger partial charge in [-0.3, -0.25) is 0 Å². The molecule has 1 heterocycles. The van der Waals surface area contributed by atoms with Crippen molar-refractivity contribution in [2.75, 3.05) is 7.11 Å². The molecule has 0 aliphatic carbocycles. The van der Waals surface area contributed by atoms with Gasteiger partial charge in [0.2, 0.25) is 0 Å². The number of esters is 1. The molecule has 0 bridgehead atoms. The smallest absolute Gasteiger partial charge is 0.349 e. The average molecular weight is 305 g/mol. The molecule has 18 heavy (non-hydrogen) atoms. The molecule has 7 heteroatoms. The summed E-state index contributed by atoms with van der Waals surface area (Å²) in [4.78, 5) is 11.4. The maximum atomic E-state index is 11.6. The number of ether oxygens (including phenoxy) is 1. The van der Waals surface area contributed by atoms with Crippen LogP contribution in [0.15, 0.2) is 23.1 Å². The number of hydrogen-bond acceptors (Lipinski definition) is 5. The Morgan fingerprint density at radius 3 is 2.61 bits per heavy atom. The van der Waals surface area contributed by atoms with Gasteiger partial charge in [-0.15, -0.1) is 11.3 Å². The quantitative estimate of drug-likeness (QED) is 0.632. The van der Waals surface area contributed by atoms with Gasteiger partial charge in [0, 0.05) is 20.8 Å². The fourth-order valence-corrected chi connectivity index (χ4v) is 4.53. The van der Waals surface area contributed by atoms with Crippen molar-refractivity contribution in [3.8, 4) is 0 Å². The number of hydrogen-bond donors (Lipinski definition) is 0. The lowest BCUT2D eigenvalue weighted by Crippen LogP contribution is -2.03. The van der Waals surface area contributed by atoms with E-state index in [2.05, 4.69) is 4.74 Å². The van der Waals surface area contributed by atoms with Crippen molar-refractivity contribution in [1.82, 2.24) is 0 Å². The van der Waals surface area contributed by atoms with Crippen LogP contribution in [0.4, 0.5) is 0 Å². The Kier molecular flexibility index (Phi) is 3.35. The lowest BCUT2D eigenvalue weighted by Gasteiger charge is -1.99. The minimum Gasteiger partial charge on any atom is -0.465 e. The monoisotopic (exact) mass is 304 g/mol. The van der Waals surface area contributed by atoms with Crippen LogP contribution in [0.5, 0.6) is 0 Å². The molecule has 1 aromatic carbocycles. The fourth-order valence-electron chi connectivity index (χ4n) is 1.66. The molecule has 4 nitrogen and oxygen atoms in total. The van der Waals surface area contributed by atoms with Crippen molar-refractivity contribution in [2.45, 2.75) is 11.8 Å². The molecule has 2 rings (SSSR count). The molecule has 1 aromatic heterocycles. The summed E-state index contributed by atoms with van der Waals surface area (Å²) in [6, 6.07) is 5.28. The average Bonchev–Trinajstić information content (AvgIpc) is 2.65. The number of methoxy groups -OCH3 is 1. The van der Waals surface area contributed by atoms with Crippen LogP contribution in [0.2, 0.25) is 0 Å². The number of carbonyl (C=O) groups is 1. The third-order valence-corrected chi connectivity index (χ3v) is 5.07. The van der Waals surface area contributed by atoms with Crippen molar-refractivity contribution in [2.24, 2.45) is 0 Å². The number of rotatable bonds is 2. The van der Waals surface area contributed by atoms with Gasteiger partial charge in [-0.2, -0.15) is 0 Å². The minimum atomic E-state index is -4.01. The molecule has 2 aromatic rings. The van der Waals surface area contributed by atoms with Gasteiger partial charge in [0.1, 0.15) is 9.77 Å². The Morgan fingerprint density at radius 2 is 2.06 bits per heavy atom. The van der Waals surface area contributed by atoms with Crippen molar-refractivity contribution >= 4 is 47.1 Å². The molecule has 0 unspecified atom stereocenters. The zero-order valence-electron chi connectivity index (χ0n) is 9.56. The molecular weight excluding hydrogens is 296 g/mol. The summed E-state index contributed by atoms with van der Waals surface area (Å²) < 4.78 is 28.5. The molecular formula is C11H9ClO4S2. The number of aryl methyl sites for hydroxylation is 1. The van der Waals surface area contributed by atoms with Crippen molar-refractivity contribution in [1.29, 1.82) is 0 Å². The summed E-state index contributed by atoms with van der Waals surface area (Å²) >= 11 is 1.05. The Hall–Kier alpha value is -1.11. The van der Waals surface area contributed by atoms with Crippen LogP contribution in [0.3, 0.4) is 0 Å². The Labute approximate surface area is 113 Å². The highest BCUT2D eigenvalue weighted by Gasteiger charge is 2.27. The van der Waals surface area contributed by atoms with Crippen LogP contribution in [0, 0.1) is 6.92 Å². The third-order valence-electron chi connectivity index (χ3n) is 2.41. The van der Waals surface area contributed by atoms with E-state index in [1.165, 1.54) is 7.11 Å². The van der Waals surface area contributed by atoms with Crippen LogP contribution >= 0.6 is 22.0 Å². The Morgan fingerprint density at radius 1 is 1.39 bits per heavy atom. The lowest BCUT2D eigenvalue weighted by atomic mass is 10.2. The molecule has 0 fully saturated rings. The predicted molar refractivity (Wildman–Crippen MR) is 70.9 cm³/mol. The second kappa shape index (κ2) is 4.53. The van der Waals surface area contributed by atoms with Crippen molar-refractivity contribution in [3.05, 3.63) is 28.6 Å². The highest BCUT2D eigenvalue weighted by molar-refractivity contribution is 8.14. The maximum Gasteiger partial charge on any atom is 0.349 e. The van der Waals surface area contributed by atoms with Crippen LogP contribution in [0.25, 0.3) is 10.1 Å². The molecule has 0 aliphatic rings. The van der Waals surface area contributed by atoms with Gasteiger partial charge < -0.3 is 4.74 Å². The van der Waals surface area contributed by atoms with Crippen molar-refractivity contribution < 1.29 is 17.9 Å². The highest BCUT2D eigenvalue weighted by Crippen LogP contribution is 2.37. The largest absolute Gasteiger partial charge is 0.465 e. The van der Waals surface area contributed by atoms with E-state index in [9.17, 15) is 13.2 Å². The van der Waals surface area contributed by atoms with E-state index in [0.29, 0.717) is 10.1 Å². The molecule has 0 saturated heterocycles. The van der Waals surface area contributed by atoms with Crippen LogP contribution in [-0.4, -0.2) is 21.5 Å². The van der Waals surface area contributed by atoms with E-state index in [1.807, 2.05) is 13.0 Å². The van der Waals surface area contributed by atoms with Gasteiger partial charge >= 0.3 is 5.97 Å². The van der Waals surface area contributed by atoms with E-state index in [4.69, 9.17) is 10.7 Å². The van der Waals surface area contributed by atoms with Crippen molar-refractivity contribution in [3.63, 3.8) is 0 Å². The topological polar surface area (TPSA) is 60.4 Å². The lowest BCUT2D eigenvalue weighted by molar-refractivity contribution is 0.0602. The first-order valence-corrected chi connectivity index (χ1v) is 8.03.